The Kier molecular flexibility index (Phi) is 4.83. The maximum Gasteiger partial charge on any atom is 0.147 e. The molecule has 1 fully saturated rings. The lowest BCUT2D eigenvalue weighted by atomic mass is 10.0. The smallest absolute Gasteiger partial charge is 0.147 e. The normalized spacial score (nSPS) is 20.4. The Labute approximate surface area is 135 Å². The third-order valence-electron chi connectivity index (χ3n) is 4.10. The predicted octanol–water partition coefficient (Wildman–Crippen LogP) is 1.84. The van der Waals surface area contributed by atoms with Gasteiger partial charge in [-0.3, -0.25) is 4.90 Å². The lowest BCUT2D eigenvalue weighted by Gasteiger charge is -2.23. The average Bonchev–Trinajstić information content (AvgIpc) is 3.13. The van der Waals surface area contributed by atoms with Gasteiger partial charge >= 0.3 is 0 Å². The second kappa shape index (κ2) is 6.83. The van der Waals surface area contributed by atoms with E-state index in [-0.39, 0.29) is 12.1 Å². The second-order valence-electron chi connectivity index (χ2n) is 5.80. The third kappa shape index (κ3) is 3.52. The van der Waals surface area contributed by atoms with E-state index in [2.05, 4.69) is 44.7 Å². The molecular weight excluding hydrogens is 296 g/mol. The van der Waals surface area contributed by atoms with Crippen molar-refractivity contribution in [2.45, 2.75) is 25.5 Å². The monoisotopic (exact) mass is 318 g/mol. The molecule has 22 heavy (non-hydrogen) atoms. The minimum Gasteiger partial charge on any atom is -0.392 e. The van der Waals surface area contributed by atoms with Gasteiger partial charge < -0.3 is 10.4 Å². The highest BCUT2D eigenvalue weighted by Crippen LogP contribution is 2.26. The van der Waals surface area contributed by atoms with E-state index in [1.54, 1.807) is 11.3 Å². The van der Waals surface area contributed by atoms with Gasteiger partial charge in [-0.05, 0) is 32.0 Å². The van der Waals surface area contributed by atoms with Gasteiger partial charge in [-0.2, -0.15) is 0 Å². The molecule has 0 saturated carbocycles. The van der Waals surface area contributed by atoms with E-state index in [0.717, 1.165) is 41.6 Å². The lowest BCUT2D eigenvalue weighted by molar-refractivity contribution is 0.173. The van der Waals surface area contributed by atoms with Crippen molar-refractivity contribution in [1.82, 2.24) is 20.4 Å². The summed E-state index contributed by atoms with van der Waals surface area (Å²) in [5.41, 5.74) is 2.36. The Morgan fingerprint density at radius 3 is 2.95 bits per heavy atom. The summed E-state index contributed by atoms with van der Waals surface area (Å²) in [5.74, 6) is 0. The zero-order valence-corrected chi connectivity index (χ0v) is 13.8. The van der Waals surface area contributed by atoms with E-state index >= 15 is 0 Å². The summed E-state index contributed by atoms with van der Waals surface area (Å²) in [7, 11) is 1.99. The van der Waals surface area contributed by atoms with Crippen LogP contribution < -0.4 is 5.32 Å². The number of likely N-dealkylation sites (N-methyl/N-ethyl adjacent to an activating group) is 1. The number of aliphatic hydroxyl groups excluding tert-OH is 1. The number of benzene rings is 1. The highest BCUT2D eigenvalue weighted by Gasteiger charge is 2.23. The molecular formula is C16H22N4OS. The summed E-state index contributed by atoms with van der Waals surface area (Å²) in [4.78, 5) is 2.31. The maximum absolute atomic E-state index is 9.67. The highest BCUT2D eigenvalue weighted by molar-refractivity contribution is 7.14. The molecule has 118 valence electrons. The van der Waals surface area contributed by atoms with Crippen LogP contribution in [0.2, 0.25) is 0 Å². The molecule has 5 nitrogen and oxygen atoms in total. The van der Waals surface area contributed by atoms with Crippen molar-refractivity contribution in [3.05, 3.63) is 34.8 Å². The molecule has 2 N–H and O–H groups in total. The SMILES string of the molecule is CNC(CN1CC[C@H](O)C1)c1cccc(-c2nnc(C)s2)c1. The van der Waals surface area contributed by atoms with Crippen LogP contribution in [0.3, 0.4) is 0 Å². The number of aryl methyl sites for hydroxylation is 1. The Balaban J connectivity index is 1.77. The van der Waals surface area contributed by atoms with Crippen molar-refractivity contribution < 1.29 is 5.11 Å². The Morgan fingerprint density at radius 1 is 1.45 bits per heavy atom. The first kappa shape index (κ1) is 15.6. The molecule has 2 atom stereocenters. The first-order valence-corrected chi connectivity index (χ1v) is 8.45. The van der Waals surface area contributed by atoms with E-state index in [0.29, 0.717) is 0 Å². The summed E-state index contributed by atoms with van der Waals surface area (Å²) >= 11 is 1.62. The van der Waals surface area contributed by atoms with Gasteiger partial charge in [-0.15, -0.1) is 10.2 Å². The quantitative estimate of drug-likeness (QED) is 0.881. The Hall–Kier alpha value is -1.34. The molecule has 1 unspecified atom stereocenters. The maximum atomic E-state index is 9.67. The van der Waals surface area contributed by atoms with Crippen molar-refractivity contribution in [3.63, 3.8) is 0 Å². The standard InChI is InChI=1S/C16H22N4OS/c1-11-18-19-16(22-11)13-5-3-4-12(8-13)15(17-2)10-20-7-6-14(21)9-20/h3-5,8,14-15,17,21H,6-7,9-10H2,1-2H3/t14-,15?/m0/s1. The molecule has 1 aliphatic heterocycles. The lowest BCUT2D eigenvalue weighted by Crippen LogP contribution is -2.33. The summed E-state index contributed by atoms with van der Waals surface area (Å²) in [6, 6.07) is 8.73. The van der Waals surface area contributed by atoms with Crippen molar-refractivity contribution in [1.29, 1.82) is 0 Å². The topological polar surface area (TPSA) is 61.3 Å². The van der Waals surface area contributed by atoms with E-state index in [1.807, 2.05) is 14.0 Å². The molecule has 2 aromatic rings. The molecule has 1 saturated heterocycles. The van der Waals surface area contributed by atoms with Crippen LogP contribution in [0.1, 0.15) is 23.0 Å². The van der Waals surface area contributed by atoms with Crippen molar-refractivity contribution in [3.8, 4) is 10.6 Å². The molecule has 2 heterocycles. The number of nitrogens with one attached hydrogen (secondary N) is 1. The fourth-order valence-electron chi connectivity index (χ4n) is 2.90. The van der Waals surface area contributed by atoms with Crippen LogP contribution in [0.25, 0.3) is 10.6 Å². The number of aromatic nitrogens is 2. The van der Waals surface area contributed by atoms with Gasteiger partial charge in [0.25, 0.3) is 0 Å². The van der Waals surface area contributed by atoms with E-state index < -0.39 is 0 Å². The molecule has 0 amide bonds. The average molecular weight is 318 g/mol. The van der Waals surface area contributed by atoms with Gasteiger partial charge in [0.05, 0.1) is 6.10 Å². The van der Waals surface area contributed by atoms with Gasteiger partial charge in [0.2, 0.25) is 0 Å². The van der Waals surface area contributed by atoms with Gasteiger partial charge in [0, 0.05) is 31.2 Å². The molecule has 1 aliphatic rings. The molecule has 1 aromatic carbocycles. The first-order valence-electron chi connectivity index (χ1n) is 7.64. The van der Waals surface area contributed by atoms with E-state index in [1.165, 1.54) is 5.56 Å². The fraction of sp³-hybridized carbons (Fsp3) is 0.500. The molecule has 6 heteroatoms. The van der Waals surface area contributed by atoms with Crippen molar-refractivity contribution in [2.24, 2.45) is 0 Å². The zero-order valence-electron chi connectivity index (χ0n) is 13.0. The van der Waals surface area contributed by atoms with Crippen LogP contribution in [0, 0.1) is 6.92 Å². The van der Waals surface area contributed by atoms with Gasteiger partial charge in [-0.25, -0.2) is 0 Å². The predicted molar refractivity (Wildman–Crippen MR) is 88.9 cm³/mol. The van der Waals surface area contributed by atoms with Crippen LogP contribution in [0.5, 0.6) is 0 Å². The number of rotatable bonds is 5. The van der Waals surface area contributed by atoms with Crippen LogP contribution in [0.15, 0.2) is 24.3 Å². The van der Waals surface area contributed by atoms with Crippen molar-refractivity contribution >= 4 is 11.3 Å². The van der Waals surface area contributed by atoms with E-state index in [9.17, 15) is 5.11 Å². The third-order valence-corrected chi connectivity index (χ3v) is 4.99. The largest absolute Gasteiger partial charge is 0.392 e. The summed E-state index contributed by atoms with van der Waals surface area (Å²) < 4.78 is 0. The molecule has 0 radical (unpaired) electrons. The molecule has 0 spiro atoms. The Bertz CT molecular complexity index is 630. The molecule has 0 aliphatic carbocycles. The minimum atomic E-state index is -0.173. The molecule has 1 aromatic heterocycles. The van der Waals surface area contributed by atoms with Crippen LogP contribution in [0.4, 0.5) is 0 Å². The van der Waals surface area contributed by atoms with Gasteiger partial charge in [-0.1, -0.05) is 29.5 Å². The Morgan fingerprint density at radius 2 is 2.32 bits per heavy atom. The van der Waals surface area contributed by atoms with Crippen LogP contribution >= 0.6 is 11.3 Å². The molecule has 3 rings (SSSR count). The number of likely N-dealkylation sites (tertiary alicyclic amines) is 1. The number of β-amino-alcohol motifs (C(OH)–C–C–N with tert-alkyl or cyclic N) is 1. The summed E-state index contributed by atoms with van der Waals surface area (Å²) in [6.45, 7) is 4.62. The molecule has 0 bridgehead atoms. The summed E-state index contributed by atoms with van der Waals surface area (Å²) in [5, 5.41) is 23.3. The van der Waals surface area contributed by atoms with Crippen molar-refractivity contribution in [2.75, 3.05) is 26.7 Å². The number of aliphatic hydroxyl groups is 1. The van der Waals surface area contributed by atoms with Gasteiger partial charge in [0.15, 0.2) is 0 Å². The summed E-state index contributed by atoms with van der Waals surface area (Å²) in [6.07, 6.45) is 0.703. The highest BCUT2D eigenvalue weighted by atomic mass is 32.1. The minimum absolute atomic E-state index is 0.173. The van der Waals surface area contributed by atoms with Crippen LogP contribution in [-0.4, -0.2) is 53.0 Å². The number of nitrogens with zero attached hydrogens (tertiary/aromatic N) is 3. The van der Waals surface area contributed by atoms with Gasteiger partial charge in [0.1, 0.15) is 10.0 Å². The van der Waals surface area contributed by atoms with E-state index in [4.69, 9.17) is 0 Å². The fourth-order valence-corrected chi connectivity index (χ4v) is 3.59. The number of hydrogen-bond donors (Lipinski definition) is 2. The second-order valence-corrected chi connectivity index (χ2v) is 6.98. The first-order chi connectivity index (χ1) is 10.7. The zero-order chi connectivity index (χ0) is 15.5. The number of hydrogen-bond acceptors (Lipinski definition) is 6. The van der Waals surface area contributed by atoms with Crippen LogP contribution in [-0.2, 0) is 0 Å².